The van der Waals surface area contributed by atoms with Crippen LogP contribution in [-0.2, 0) is 0 Å². The van der Waals surface area contributed by atoms with Crippen LogP contribution in [0.25, 0.3) is 0 Å². The molecule has 0 bridgehead atoms. The van der Waals surface area contributed by atoms with Gasteiger partial charge in [0.05, 0.1) is 5.70 Å². The fourth-order valence-electron chi connectivity index (χ4n) is 0.969. The van der Waals surface area contributed by atoms with Gasteiger partial charge in [0.25, 0.3) is 0 Å². The molecule has 18 heavy (non-hydrogen) atoms. The average Bonchev–Trinajstić information content (AvgIpc) is 2.38. The molecule has 0 radical (unpaired) electrons. The van der Waals surface area contributed by atoms with Crippen molar-refractivity contribution in [2.45, 2.75) is 13.8 Å². The van der Waals surface area contributed by atoms with Crippen LogP contribution in [0.1, 0.15) is 13.8 Å². The van der Waals surface area contributed by atoms with Crippen LogP contribution in [0.4, 0.5) is 0 Å². The first-order valence-corrected chi connectivity index (χ1v) is 5.73. The number of allylic oxidation sites excluding steroid dienone is 8. The number of rotatable bonds is 7. The van der Waals surface area contributed by atoms with Crippen molar-refractivity contribution >= 4 is 6.21 Å². The highest BCUT2D eigenvalue weighted by Crippen LogP contribution is 2.10. The van der Waals surface area contributed by atoms with Crippen LogP contribution in [0.3, 0.4) is 0 Å². The molecule has 0 atom stereocenters. The minimum absolute atomic E-state index is 0.619. The van der Waals surface area contributed by atoms with Crippen LogP contribution in [0.15, 0.2) is 90.2 Å². The first kappa shape index (κ1) is 15.9. The van der Waals surface area contributed by atoms with Crippen LogP contribution in [0.5, 0.6) is 0 Å². The molecule has 0 unspecified atom stereocenters. The van der Waals surface area contributed by atoms with Gasteiger partial charge in [0.1, 0.15) is 0 Å². The maximum atomic E-state index is 4.24. The Kier molecular flexibility index (Phi) is 7.87. The molecule has 0 spiro atoms. The SMILES string of the molecule is C=CC=CC(=C)C(=C)N=CC(=C)C(C)=CC=CC. The van der Waals surface area contributed by atoms with Gasteiger partial charge in [-0.05, 0) is 30.6 Å². The highest BCUT2D eigenvalue weighted by atomic mass is 14.7. The Hall–Kier alpha value is -2.15. The largest absolute Gasteiger partial charge is 0.256 e. The van der Waals surface area contributed by atoms with Gasteiger partial charge in [-0.25, -0.2) is 0 Å². The highest BCUT2D eigenvalue weighted by molar-refractivity contribution is 5.84. The molecule has 0 amide bonds. The maximum absolute atomic E-state index is 4.24. The van der Waals surface area contributed by atoms with E-state index in [1.807, 2.05) is 38.2 Å². The normalized spacial score (nSPS) is 12.4. The molecule has 0 heterocycles. The molecular weight excluding hydrogens is 218 g/mol. The number of aliphatic imine (C=N–C) groups is 1. The predicted octanol–water partition coefficient (Wildman–Crippen LogP) is 4.95. The number of hydrogen-bond acceptors (Lipinski definition) is 1. The first-order chi connectivity index (χ1) is 8.52. The Labute approximate surface area is 111 Å². The van der Waals surface area contributed by atoms with Gasteiger partial charge in [-0.3, -0.25) is 4.99 Å². The van der Waals surface area contributed by atoms with Crippen LogP contribution >= 0.6 is 0 Å². The quantitative estimate of drug-likeness (QED) is 0.440. The minimum Gasteiger partial charge on any atom is -0.256 e. The molecule has 1 heteroatoms. The first-order valence-electron chi connectivity index (χ1n) is 5.73. The molecule has 0 aromatic rings. The van der Waals surface area contributed by atoms with Crippen molar-refractivity contribution in [3.05, 3.63) is 85.2 Å². The summed E-state index contributed by atoms with van der Waals surface area (Å²) in [6.07, 6.45) is 12.9. The highest BCUT2D eigenvalue weighted by Gasteiger charge is 1.94. The fraction of sp³-hybridized carbons (Fsp3) is 0.118. The van der Waals surface area contributed by atoms with Crippen molar-refractivity contribution in [3.63, 3.8) is 0 Å². The number of hydrogen-bond donors (Lipinski definition) is 0. The number of nitrogens with zero attached hydrogens (tertiary/aromatic N) is 1. The van der Waals surface area contributed by atoms with E-state index in [-0.39, 0.29) is 0 Å². The van der Waals surface area contributed by atoms with Crippen LogP contribution < -0.4 is 0 Å². The lowest BCUT2D eigenvalue weighted by Gasteiger charge is -2.00. The van der Waals surface area contributed by atoms with E-state index in [1.165, 1.54) is 0 Å². The van der Waals surface area contributed by atoms with Crippen molar-refractivity contribution in [1.29, 1.82) is 0 Å². The predicted molar refractivity (Wildman–Crippen MR) is 83.8 cm³/mol. The molecule has 0 aromatic heterocycles. The Morgan fingerprint density at radius 2 is 1.72 bits per heavy atom. The molecule has 0 N–H and O–H groups in total. The smallest absolute Gasteiger partial charge is 0.0624 e. The Balaban J connectivity index is 4.61. The van der Waals surface area contributed by atoms with E-state index < -0.39 is 0 Å². The van der Waals surface area contributed by atoms with E-state index >= 15 is 0 Å². The summed E-state index contributed by atoms with van der Waals surface area (Å²) in [6, 6.07) is 0. The zero-order valence-corrected chi connectivity index (χ0v) is 11.3. The van der Waals surface area contributed by atoms with Crippen molar-refractivity contribution < 1.29 is 0 Å². The van der Waals surface area contributed by atoms with E-state index in [0.717, 1.165) is 16.7 Å². The van der Waals surface area contributed by atoms with Crippen LogP contribution in [-0.4, -0.2) is 6.21 Å². The van der Waals surface area contributed by atoms with Crippen LogP contribution in [0, 0.1) is 0 Å². The standard InChI is InChI=1S/C17H21N/c1-7-9-11-14(3)16(5)13-18-17(6)15(4)12-10-8-2/h7-13H,2,4-6H2,1,3H3. The summed E-state index contributed by atoms with van der Waals surface area (Å²) < 4.78 is 0. The summed E-state index contributed by atoms with van der Waals surface area (Å²) in [5, 5.41) is 0. The van der Waals surface area contributed by atoms with Crippen molar-refractivity contribution in [3.8, 4) is 0 Å². The third kappa shape index (κ3) is 6.44. The Morgan fingerprint density at radius 1 is 1.06 bits per heavy atom. The zero-order valence-electron chi connectivity index (χ0n) is 11.3. The molecule has 0 aromatic carbocycles. The van der Waals surface area contributed by atoms with Gasteiger partial charge in [-0.2, -0.15) is 0 Å². The molecule has 0 saturated heterocycles. The average molecular weight is 239 g/mol. The summed E-state index contributed by atoms with van der Waals surface area (Å²) in [5.74, 6) is 0. The lowest BCUT2D eigenvalue weighted by atomic mass is 10.1. The lowest BCUT2D eigenvalue weighted by Crippen LogP contribution is -1.87. The van der Waals surface area contributed by atoms with E-state index in [1.54, 1.807) is 18.4 Å². The van der Waals surface area contributed by atoms with Crippen molar-refractivity contribution in [2.75, 3.05) is 0 Å². The van der Waals surface area contributed by atoms with Crippen molar-refractivity contribution in [2.24, 2.45) is 4.99 Å². The third-order valence-electron chi connectivity index (χ3n) is 2.23. The molecule has 0 aliphatic heterocycles. The zero-order chi connectivity index (χ0) is 14.0. The molecule has 0 aliphatic carbocycles. The van der Waals surface area contributed by atoms with Gasteiger partial charge in [-0.15, -0.1) is 0 Å². The lowest BCUT2D eigenvalue weighted by molar-refractivity contribution is 1.37. The summed E-state index contributed by atoms with van der Waals surface area (Å²) >= 11 is 0. The van der Waals surface area contributed by atoms with E-state index in [9.17, 15) is 0 Å². The summed E-state index contributed by atoms with van der Waals surface area (Å²) in [5.41, 5.74) is 3.30. The van der Waals surface area contributed by atoms with Gasteiger partial charge in [-0.1, -0.05) is 62.8 Å². The monoisotopic (exact) mass is 239 g/mol. The van der Waals surface area contributed by atoms with E-state index in [2.05, 4.69) is 31.3 Å². The second kappa shape index (κ2) is 8.94. The van der Waals surface area contributed by atoms with E-state index in [0.29, 0.717) is 5.70 Å². The molecular formula is C17H21N. The fourth-order valence-corrected chi connectivity index (χ4v) is 0.969. The Bertz CT molecular complexity index is 454. The van der Waals surface area contributed by atoms with Gasteiger partial charge in [0, 0.05) is 6.21 Å². The van der Waals surface area contributed by atoms with Gasteiger partial charge in [0.2, 0.25) is 0 Å². The molecule has 94 valence electrons. The molecule has 0 aliphatic rings. The maximum Gasteiger partial charge on any atom is 0.0624 e. The Morgan fingerprint density at radius 3 is 2.28 bits per heavy atom. The van der Waals surface area contributed by atoms with E-state index in [4.69, 9.17) is 0 Å². The van der Waals surface area contributed by atoms with Gasteiger partial charge < -0.3 is 0 Å². The van der Waals surface area contributed by atoms with Crippen LogP contribution in [0.2, 0.25) is 0 Å². The van der Waals surface area contributed by atoms with Gasteiger partial charge in [0.15, 0.2) is 0 Å². The summed E-state index contributed by atoms with van der Waals surface area (Å²) in [6.45, 7) is 19.2. The molecule has 1 nitrogen and oxygen atoms in total. The second-order valence-electron chi connectivity index (χ2n) is 3.73. The van der Waals surface area contributed by atoms with Gasteiger partial charge >= 0.3 is 0 Å². The molecule has 0 rings (SSSR count). The van der Waals surface area contributed by atoms with Crippen molar-refractivity contribution in [1.82, 2.24) is 0 Å². The summed E-state index contributed by atoms with van der Waals surface area (Å²) in [4.78, 5) is 4.24. The molecule has 0 saturated carbocycles. The minimum atomic E-state index is 0.619. The summed E-state index contributed by atoms with van der Waals surface area (Å²) in [7, 11) is 0. The third-order valence-corrected chi connectivity index (χ3v) is 2.23. The molecule has 0 fully saturated rings. The second-order valence-corrected chi connectivity index (χ2v) is 3.73. The topological polar surface area (TPSA) is 12.4 Å².